The van der Waals surface area contributed by atoms with Gasteiger partial charge in [-0.3, -0.25) is 4.90 Å². The quantitative estimate of drug-likeness (QED) is 0.492. The Labute approximate surface area is 176 Å². The van der Waals surface area contributed by atoms with Crippen molar-refractivity contribution in [1.29, 1.82) is 0 Å². The molecule has 2 aliphatic rings. The molecule has 1 aromatic carbocycles. The maximum Gasteiger partial charge on any atom is 0.191 e. The second-order valence-electron chi connectivity index (χ2n) is 8.20. The van der Waals surface area contributed by atoms with Crippen molar-refractivity contribution < 1.29 is 4.74 Å². The molecule has 1 heterocycles. The third-order valence-electron chi connectivity index (χ3n) is 6.07. The zero-order valence-electron chi connectivity index (χ0n) is 18.3. The van der Waals surface area contributed by atoms with Crippen LogP contribution in [0.4, 0.5) is 0 Å². The van der Waals surface area contributed by atoms with E-state index in [2.05, 4.69) is 58.7 Å². The van der Waals surface area contributed by atoms with Crippen LogP contribution < -0.4 is 10.6 Å². The standard InChI is InChI=1S/C23H39N5O/c1-3-24-23(25-12-13-27(2)22-10-6-7-11-22)26-18-20-8-4-5-9-21(20)19-28-14-16-29-17-15-28/h4-5,8-9,22H,3,6-7,10-19H2,1-2H3,(H2,24,25,26). The second kappa shape index (κ2) is 12.2. The van der Waals surface area contributed by atoms with Crippen LogP contribution in [0, 0.1) is 0 Å². The number of rotatable bonds is 9. The fraction of sp³-hybridized carbons (Fsp3) is 0.696. The number of aliphatic imine (C=N–C) groups is 1. The van der Waals surface area contributed by atoms with Crippen molar-refractivity contribution in [3.8, 4) is 0 Å². The molecule has 29 heavy (non-hydrogen) atoms. The van der Waals surface area contributed by atoms with Gasteiger partial charge in [0.05, 0.1) is 19.8 Å². The number of nitrogens with zero attached hydrogens (tertiary/aromatic N) is 3. The number of guanidine groups is 1. The molecule has 0 amide bonds. The van der Waals surface area contributed by atoms with Crippen molar-refractivity contribution in [2.24, 2.45) is 4.99 Å². The van der Waals surface area contributed by atoms with Crippen molar-refractivity contribution in [3.63, 3.8) is 0 Å². The van der Waals surface area contributed by atoms with Gasteiger partial charge in [-0.05, 0) is 37.9 Å². The van der Waals surface area contributed by atoms with E-state index in [0.717, 1.165) is 64.5 Å². The predicted octanol–water partition coefficient (Wildman–Crippen LogP) is 2.45. The maximum atomic E-state index is 5.48. The van der Waals surface area contributed by atoms with Crippen molar-refractivity contribution in [2.75, 3.05) is 53.0 Å². The highest BCUT2D eigenvalue weighted by Crippen LogP contribution is 2.21. The zero-order valence-corrected chi connectivity index (χ0v) is 18.3. The Balaban J connectivity index is 1.52. The Morgan fingerprint density at radius 2 is 1.86 bits per heavy atom. The van der Waals surface area contributed by atoms with E-state index >= 15 is 0 Å². The largest absolute Gasteiger partial charge is 0.379 e. The first kappa shape index (κ1) is 22.1. The molecule has 1 saturated carbocycles. The van der Waals surface area contributed by atoms with Gasteiger partial charge in [0.1, 0.15) is 0 Å². The molecule has 3 rings (SSSR count). The molecule has 6 nitrogen and oxygen atoms in total. The topological polar surface area (TPSA) is 52.1 Å². The molecule has 0 atom stereocenters. The van der Waals surface area contributed by atoms with E-state index in [4.69, 9.17) is 9.73 Å². The average molecular weight is 402 g/mol. The number of likely N-dealkylation sites (N-methyl/N-ethyl adjacent to an activating group) is 1. The van der Waals surface area contributed by atoms with Gasteiger partial charge in [0.15, 0.2) is 5.96 Å². The molecule has 1 saturated heterocycles. The molecule has 2 fully saturated rings. The van der Waals surface area contributed by atoms with Crippen LogP contribution in [0.15, 0.2) is 29.3 Å². The van der Waals surface area contributed by atoms with Crippen molar-refractivity contribution >= 4 is 5.96 Å². The lowest BCUT2D eigenvalue weighted by Crippen LogP contribution is -2.42. The lowest BCUT2D eigenvalue weighted by molar-refractivity contribution is 0.0341. The smallest absolute Gasteiger partial charge is 0.191 e. The summed E-state index contributed by atoms with van der Waals surface area (Å²) in [7, 11) is 2.25. The van der Waals surface area contributed by atoms with Crippen molar-refractivity contribution in [3.05, 3.63) is 35.4 Å². The highest BCUT2D eigenvalue weighted by atomic mass is 16.5. The van der Waals surface area contributed by atoms with Crippen LogP contribution in [0.3, 0.4) is 0 Å². The van der Waals surface area contributed by atoms with Crippen molar-refractivity contribution in [1.82, 2.24) is 20.4 Å². The fourth-order valence-electron chi connectivity index (χ4n) is 4.25. The molecule has 1 aliphatic heterocycles. The highest BCUT2D eigenvalue weighted by Gasteiger charge is 2.19. The molecular weight excluding hydrogens is 362 g/mol. The molecule has 0 bridgehead atoms. The minimum absolute atomic E-state index is 0.703. The van der Waals surface area contributed by atoms with Crippen LogP contribution >= 0.6 is 0 Å². The van der Waals surface area contributed by atoms with Gasteiger partial charge in [0, 0.05) is 45.3 Å². The van der Waals surface area contributed by atoms with Gasteiger partial charge < -0.3 is 20.3 Å². The van der Waals surface area contributed by atoms with E-state index in [1.54, 1.807) is 0 Å². The van der Waals surface area contributed by atoms with E-state index < -0.39 is 0 Å². The van der Waals surface area contributed by atoms with Crippen LogP contribution in [0.1, 0.15) is 43.7 Å². The molecule has 0 unspecified atom stereocenters. The number of morpholine rings is 1. The zero-order chi connectivity index (χ0) is 20.3. The van der Waals surface area contributed by atoms with Crippen LogP contribution in [-0.4, -0.2) is 74.8 Å². The summed E-state index contributed by atoms with van der Waals surface area (Å²) in [6.07, 6.45) is 5.47. The van der Waals surface area contributed by atoms with Gasteiger partial charge >= 0.3 is 0 Å². The molecule has 0 aromatic heterocycles. The summed E-state index contributed by atoms with van der Waals surface area (Å²) in [5.74, 6) is 0.911. The predicted molar refractivity (Wildman–Crippen MR) is 120 cm³/mol. The minimum Gasteiger partial charge on any atom is -0.379 e. The summed E-state index contributed by atoms with van der Waals surface area (Å²) >= 11 is 0. The Hall–Kier alpha value is -1.63. The molecule has 162 valence electrons. The van der Waals surface area contributed by atoms with Crippen LogP contribution in [0.25, 0.3) is 0 Å². The summed E-state index contributed by atoms with van der Waals surface area (Å²) in [6, 6.07) is 9.45. The van der Waals surface area contributed by atoms with Gasteiger partial charge in [0.25, 0.3) is 0 Å². The highest BCUT2D eigenvalue weighted by molar-refractivity contribution is 5.79. The third-order valence-corrected chi connectivity index (χ3v) is 6.07. The second-order valence-corrected chi connectivity index (χ2v) is 8.20. The van der Waals surface area contributed by atoms with Crippen molar-refractivity contribution in [2.45, 2.75) is 51.7 Å². The van der Waals surface area contributed by atoms with E-state index in [-0.39, 0.29) is 0 Å². The average Bonchev–Trinajstić information content (AvgIpc) is 3.29. The van der Waals surface area contributed by atoms with E-state index in [9.17, 15) is 0 Å². The van der Waals surface area contributed by atoms with E-state index in [0.29, 0.717) is 6.54 Å². The monoisotopic (exact) mass is 401 g/mol. The number of nitrogens with one attached hydrogen (secondary N) is 2. The summed E-state index contributed by atoms with van der Waals surface area (Å²) in [5.41, 5.74) is 2.68. The summed E-state index contributed by atoms with van der Waals surface area (Å²) in [4.78, 5) is 9.83. The summed E-state index contributed by atoms with van der Waals surface area (Å²) in [5, 5.41) is 6.91. The Morgan fingerprint density at radius 3 is 2.59 bits per heavy atom. The van der Waals surface area contributed by atoms with Gasteiger partial charge in [-0.15, -0.1) is 0 Å². The number of hydrogen-bond acceptors (Lipinski definition) is 4. The number of benzene rings is 1. The van der Waals surface area contributed by atoms with Gasteiger partial charge in [-0.25, -0.2) is 4.99 Å². The Kier molecular flexibility index (Phi) is 9.25. The Morgan fingerprint density at radius 1 is 1.14 bits per heavy atom. The van der Waals surface area contributed by atoms with E-state index in [1.807, 2.05) is 0 Å². The minimum atomic E-state index is 0.703. The molecule has 1 aromatic rings. The molecule has 6 heteroatoms. The normalized spacial score (nSPS) is 19.1. The molecule has 1 aliphatic carbocycles. The molecule has 0 radical (unpaired) electrons. The summed E-state index contributed by atoms with van der Waals surface area (Å²) < 4.78 is 5.48. The Bertz CT molecular complexity index is 623. The lowest BCUT2D eigenvalue weighted by Gasteiger charge is -2.27. The molecule has 0 spiro atoms. The number of hydrogen-bond donors (Lipinski definition) is 2. The summed E-state index contributed by atoms with van der Waals surface area (Å²) in [6.45, 7) is 10.4. The van der Waals surface area contributed by atoms with Gasteiger partial charge in [0.2, 0.25) is 0 Å². The first-order valence-electron chi connectivity index (χ1n) is 11.4. The first-order chi connectivity index (χ1) is 14.3. The lowest BCUT2D eigenvalue weighted by atomic mass is 10.1. The van der Waals surface area contributed by atoms with Crippen LogP contribution in [0.2, 0.25) is 0 Å². The van der Waals surface area contributed by atoms with Gasteiger partial charge in [-0.1, -0.05) is 37.1 Å². The first-order valence-corrected chi connectivity index (χ1v) is 11.4. The molecular formula is C23H39N5O. The molecule has 2 N–H and O–H groups in total. The SMILES string of the molecule is CCNC(=NCc1ccccc1CN1CCOCC1)NCCN(C)C1CCCC1. The third kappa shape index (κ3) is 7.28. The number of ether oxygens (including phenoxy) is 1. The van der Waals surface area contributed by atoms with Gasteiger partial charge in [-0.2, -0.15) is 0 Å². The maximum absolute atomic E-state index is 5.48. The van der Waals surface area contributed by atoms with Crippen LogP contribution in [-0.2, 0) is 17.8 Å². The fourth-order valence-corrected chi connectivity index (χ4v) is 4.25. The van der Waals surface area contributed by atoms with E-state index in [1.165, 1.54) is 36.8 Å². The van der Waals surface area contributed by atoms with Crippen LogP contribution in [0.5, 0.6) is 0 Å².